The van der Waals surface area contributed by atoms with Crippen LogP contribution in [0.25, 0.3) is 0 Å². The zero-order valence-corrected chi connectivity index (χ0v) is 12.2. The summed E-state index contributed by atoms with van der Waals surface area (Å²) in [6.45, 7) is 0.818. The smallest absolute Gasteiger partial charge is 0.332 e. The Labute approximate surface area is 122 Å². The van der Waals surface area contributed by atoms with Crippen molar-refractivity contribution < 1.29 is 33.7 Å². The largest absolute Gasteiger partial charge is 0.479 e. The van der Waals surface area contributed by atoms with Gasteiger partial charge in [-0.1, -0.05) is 0 Å². The van der Waals surface area contributed by atoms with Crippen LogP contribution in [-0.4, -0.2) is 74.0 Å². The molecule has 0 spiro atoms. The summed E-state index contributed by atoms with van der Waals surface area (Å²) in [5, 5.41) is 8.87. The van der Waals surface area contributed by atoms with Gasteiger partial charge >= 0.3 is 11.9 Å². The lowest BCUT2D eigenvalue weighted by Gasteiger charge is -2.24. The van der Waals surface area contributed by atoms with Crippen LogP contribution in [0.1, 0.15) is 19.3 Å². The molecule has 1 aliphatic heterocycles. The number of carboxylic acid groups (broad SMARTS) is 1. The van der Waals surface area contributed by atoms with Gasteiger partial charge < -0.3 is 24.2 Å². The van der Waals surface area contributed by atoms with Gasteiger partial charge in [0.1, 0.15) is 6.10 Å². The first-order valence-electron chi connectivity index (χ1n) is 6.72. The van der Waals surface area contributed by atoms with E-state index in [0.717, 1.165) is 0 Å². The van der Waals surface area contributed by atoms with Gasteiger partial charge in [0.15, 0.2) is 6.10 Å². The molecule has 0 aromatic heterocycles. The minimum Gasteiger partial charge on any atom is -0.479 e. The van der Waals surface area contributed by atoms with Crippen molar-refractivity contribution >= 4 is 17.8 Å². The Balaban J connectivity index is 2.58. The van der Waals surface area contributed by atoms with Gasteiger partial charge in [-0.2, -0.15) is 0 Å². The molecule has 1 aliphatic rings. The third-order valence-electron chi connectivity index (χ3n) is 3.26. The highest BCUT2D eigenvalue weighted by molar-refractivity contribution is 5.83. The van der Waals surface area contributed by atoms with Crippen LogP contribution in [0.4, 0.5) is 0 Å². The van der Waals surface area contributed by atoms with Crippen LogP contribution in [0.15, 0.2) is 0 Å². The number of methoxy groups -OCH3 is 2. The van der Waals surface area contributed by atoms with Crippen LogP contribution < -0.4 is 0 Å². The molecule has 1 saturated heterocycles. The van der Waals surface area contributed by atoms with Gasteiger partial charge in [0.05, 0.1) is 20.1 Å². The molecule has 0 radical (unpaired) electrons. The average molecular weight is 303 g/mol. The number of aliphatic carboxylic acids is 1. The molecule has 1 N–H and O–H groups in total. The second-order valence-electron chi connectivity index (χ2n) is 4.67. The monoisotopic (exact) mass is 303 g/mol. The Morgan fingerprint density at radius 2 is 1.86 bits per heavy atom. The number of amides is 1. The maximum Gasteiger partial charge on any atom is 0.332 e. The molecule has 8 nitrogen and oxygen atoms in total. The summed E-state index contributed by atoms with van der Waals surface area (Å²) in [6, 6.07) is 0. The molecule has 0 aliphatic carbocycles. The number of carbonyl (C=O) groups is 3. The van der Waals surface area contributed by atoms with Crippen LogP contribution in [0.3, 0.4) is 0 Å². The van der Waals surface area contributed by atoms with E-state index in [-0.39, 0.29) is 18.9 Å². The van der Waals surface area contributed by atoms with Gasteiger partial charge in [0.2, 0.25) is 0 Å². The Morgan fingerprint density at radius 3 is 2.38 bits per heavy atom. The summed E-state index contributed by atoms with van der Waals surface area (Å²) in [5.74, 6) is -1.80. The molecule has 21 heavy (non-hydrogen) atoms. The molecule has 1 fully saturated rings. The Hall–Kier alpha value is -1.67. The van der Waals surface area contributed by atoms with Crippen molar-refractivity contribution in [1.29, 1.82) is 0 Å². The quantitative estimate of drug-likeness (QED) is 0.612. The number of esters is 1. The average Bonchev–Trinajstić information content (AvgIpc) is 2.96. The van der Waals surface area contributed by atoms with Crippen LogP contribution in [0.2, 0.25) is 0 Å². The van der Waals surface area contributed by atoms with Crippen molar-refractivity contribution in [2.45, 2.75) is 31.5 Å². The van der Waals surface area contributed by atoms with Gasteiger partial charge in [-0.3, -0.25) is 9.59 Å². The third kappa shape index (κ3) is 5.31. The van der Waals surface area contributed by atoms with E-state index in [9.17, 15) is 14.4 Å². The van der Waals surface area contributed by atoms with Crippen molar-refractivity contribution in [3.63, 3.8) is 0 Å². The Kier molecular flexibility index (Phi) is 7.10. The SMILES string of the molecule is COCCN(CCC(=O)OC)C(=O)[C@@H]1CC[C@H](C(=O)O)O1. The molecule has 8 heteroatoms. The zero-order valence-electron chi connectivity index (χ0n) is 12.2. The van der Waals surface area contributed by atoms with E-state index in [1.54, 1.807) is 0 Å². The number of hydrogen-bond acceptors (Lipinski definition) is 6. The summed E-state index contributed by atoms with van der Waals surface area (Å²) < 4.78 is 14.7. The van der Waals surface area contributed by atoms with E-state index in [2.05, 4.69) is 4.74 Å². The Morgan fingerprint density at radius 1 is 1.19 bits per heavy atom. The van der Waals surface area contributed by atoms with Gasteiger partial charge in [-0.05, 0) is 12.8 Å². The fourth-order valence-corrected chi connectivity index (χ4v) is 2.07. The third-order valence-corrected chi connectivity index (χ3v) is 3.26. The predicted molar refractivity (Wildman–Crippen MR) is 70.6 cm³/mol. The van der Waals surface area contributed by atoms with E-state index in [1.165, 1.54) is 19.1 Å². The highest BCUT2D eigenvalue weighted by atomic mass is 16.5. The molecule has 0 unspecified atom stereocenters. The number of nitrogens with zero attached hydrogens (tertiary/aromatic N) is 1. The molecular weight excluding hydrogens is 282 g/mol. The van der Waals surface area contributed by atoms with Gasteiger partial charge in [0, 0.05) is 20.2 Å². The number of hydrogen-bond donors (Lipinski definition) is 1. The van der Waals surface area contributed by atoms with Gasteiger partial charge in [-0.25, -0.2) is 4.79 Å². The second-order valence-corrected chi connectivity index (χ2v) is 4.67. The summed E-state index contributed by atoms with van der Waals surface area (Å²) in [5.41, 5.74) is 0. The lowest BCUT2D eigenvalue weighted by molar-refractivity contribution is -0.155. The second kappa shape index (κ2) is 8.58. The molecule has 0 aromatic rings. The highest BCUT2D eigenvalue weighted by Gasteiger charge is 2.36. The molecule has 2 atom stereocenters. The van der Waals surface area contributed by atoms with Crippen molar-refractivity contribution in [1.82, 2.24) is 4.90 Å². The topological polar surface area (TPSA) is 102 Å². The number of rotatable bonds is 8. The normalized spacial score (nSPS) is 21.0. The van der Waals surface area contributed by atoms with Crippen molar-refractivity contribution in [3.05, 3.63) is 0 Å². The maximum absolute atomic E-state index is 12.3. The predicted octanol–water partition coefficient (Wildman–Crippen LogP) is -0.343. The van der Waals surface area contributed by atoms with Crippen molar-refractivity contribution in [2.75, 3.05) is 33.9 Å². The van der Waals surface area contributed by atoms with Gasteiger partial charge in [0.25, 0.3) is 5.91 Å². The van der Waals surface area contributed by atoms with Crippen LogP contribution >= 0.6 is 0 Å². The zero-order chi connectivity index (χ0) is 15.8. The van der Waals surface area contributed by atoms with Gasteiger partial charge in [-0.15, -0.1) is 0 Å². The lowest BCUT2D eigenvalue weighted by Crippen LogP contribution is -2.42. The molecule has 1 amide bonds. The summed E-state index contributed by atoms with van der Waals surface area (Å²) in [6.07, 6.45) is -0.983. The van der Waals surface area contributed by atoms with E-state index in [4.69, 9.17) is 14.6 Å². The minimum absolute atomic E-state index is 0.0705. The minimum atomic E-state index is -1.07. The van der Waals surface area contributed by atoms with E-state index in [1.807, 2.05) is 0 Å². The van der Waals surface area contributed by atoms with Crippen molar-refractivity contribution in [2.24, 2.45) is 0 Å². The van der Waals surface area contributed by atoms with Crippen molar-refractivity contribution in [3.8, 4) is 0 Å². The molecule has 0 saturated carbocycles. The fourth-order valence-electron chi connectivity index (χ4n) is 2.07. The first-order valence-corrected chi connectivity index (χ1v) is 6.72. The van der Waals surface area contributed by atoms with Crippen LogP contribution in [0.5, 0.6) is 0 Å². The summed E-state index contributed by atoms with van der Waals surface area (Å²) in [4.78, 5) is 35.8. The van der Waals surface area contributed by atoms with Crippen LogP contribution in [0, 0.1) is 0 Å². The first kappa shape index (κ1) is 17.4. The summed E-state index contributed by atoms with van der Waals surface area (Å²) in [7, 11) is 2.79. The van der Waals surface area contributed by atoms with E-state index < -0.39 is 24.1 Å². The Bertz CT molecular complexity index is 385. The number of carboxylic acids is 1. The lowest BCUT2D eigenvalue weighted by atomic mass is 10.1. The highest BCUT2D eigenvalue weighted by Crippen LogP contribution is 2.21. The first-order chi connectivity index (χ1) is 9.99. The summed E-state index contributed by atoms with van der Waals surface area (Å²) >= 11 is 0. The molecule has 1 heterocycles. The van der Waals surface area contributed by atoms with E-state index in [0.29, 0.717) is 26.0 Å². The number of ether oxygens (including phenoxy) is 3. The molecule has 0 aromatic carbocycles. The molecule has 120 valence electrons. The number of carbonyl (C=O) groups excluding carboxylic acids is 2. The fraction of sp³-hybridized carbons (Fsp3) is 0.769. The standard InChI is InChI=1S/C13H21NO7/c1-19-8-7-14(6-5-11(15)20-2)12(16)9-3-4-10(21-9)13(17)18/h9-10H,3-8H2,1-2H3,(H,17,18)/t9-,10+/m0/s1. The molecular formula is C13H21NO7. The van der Waals surface area contributed by atoms with Crippen LogP contribution in [-0.2, 0) is 28.6 Å². The maximum atomic E-state index is 12.3. The van der Waals surface area contributed by atoms with E-state index >= 15 is 0 Å². The molecule has 0 bridgehead atoms. The molecule has 1 rings (SSSR count).